The van der Waals surface area contributed by atoms with Crippen LogP contribution in [-0.4, -0.2) is 71.4 Å². The number of fused-ring (bicyclic) bond motifs is 1. The SMILES string of the molecule is C=CCC12C=C(OC)C(=O)C(OC)(OC)[C@H]1[C@@H]1C(C=CC)=C[C@]2(OC)C(=O)C1(OC)OC. The molecule has 0 heterocycles. The van der Waals surface area contributed by atoms with E-state index in [1.165, 1.54) is 42.7 Å². The molecule has 4 aliphatic carbocycles. The molecular formula is C24H32O8. The summed E-state index contributed by atoms with van der Waals surface area (Å²) in [5.41, 5.74) is -2.01. The Labute approximate surface area is 188 Å². The number of ether oxygens (including phenoxy) is 6. The van der Waals surface area contributed by atoms with Crippen molar-refractivity contribution in [2.75, 3.05) is 42.7 Å². The van der Waals surface area contributed by atoms with Gasteiger partial charge in [-0.3, -0.25) is 9.59 Å². The van der Waals surface area contributed by atoms with Crippen molar-refractivity contribution in [2.45, 2.75) is 30.5 Å². The molecule has 1 unspecified atom stereocenters. The molecule has 0 aromatic heterocycles. The highest BCUT2D eigenvalue weighted by Gasteiger charge is 2.82. The Morgan fingerprint density at radius 1 is 0.938 bits per heavy atom. The first kappa shape index (κ1) is 24.5. The Balaban J connectivity index is 2.59. The maximum Gasteiger partial charge on any atom is 0.256 e. The van der Waals surface area contributed by atoms with Crippen molar-refractivity contribution in [3.8, 4) is 0 Å². The van der Waals surface area contributed by atoms with Crippen molar-refractivity contribution in [1.29, 1.82) is 0 Å². The van der Waals surface area contributed by atoms with Crippen LogP contribution >= 0.6 is 0 Å². The second-order valence-electron chi connectivity index (χ2n) is 8.10. The minimum absolute atomic E-state index is 0.0185. The molecule has 8 heteroatoms. The van der Waals surface area contributed by atoms with Crippen LogP contribution < -0.4 is 0 Å². The molecule has 32 heavy (non-hydrogen) atoms. The molecule has 4 atom stereocenters. The van der Waals surface area contributed by atoms with Gasteiger partial charge in [-0.1, -0.05) is 18.2 Å². The first-order valence-corrected chi connectivity index (χ1v) is 10.3. The van der Waals surface area contributed by atoms with Crippen molar-refractivity contribution in [3.63, 3.8) is 0 Å². The van der Waals surface area contributed by atoms with E-state index in [0.717, 1.165) is 0 Å². The predicted molar refractivity (Wildman–Crippen MR) is 115 cm³/mol. The molecule has 1 saturated carbocycles. The third-order valence-electron chi connectivity index (χ3n) is 7.31. The van der Waals surface area contributed by atoms with E-state index in [1.54, 1.807) is 18.2 Å². The van der Waals surface area contributed by atoms with Gasteiger partial charge in [0.2, 0.25) is 17.4 Å². The minimum Gasteiger partial charge on any atom is -0.493 e. The minimum atomic E-state index is -1.80. The number of carbonyl (C=O) groups excluding carboxylic acids is 2. The first-order valence-electron chi connectivity index (χ1n) is 10.3. The lowest BCUT2D eigenvalue weighted by atomic mass is 9.41. The molecule has 0 spiro atoms. The summed E-state index contributed by atoms with van der Waals surface area (Å²) >= 11 is 0. The highest BCUT2D eigenvalue weighted by Crippen LogP contribution is 2.68. The van der Waals surface area contributed by atoms with Gasteiger partial charge in [-0.2, -0.15) is 0 Å². The molecular weight excluding hydrogens is 416 g/mol. The fourth-order valence-electron chi connectivity index (χ4n) is 6.12. The Morgan fingerprint density at radius 3 is 1.97 bits per heavy atom. The Morgan fingerprint density at radius 2 is 1.53 bits per heavy atom. The van der Waals surface area contributed by atoms with Gasteiger partial charge in [0.05, 0.1) is 13.0 Å². The normalized spacial score (nSPS) is 34.8. The fourth-order valence-corrected chi connectivity index (χ4v) is 6.12. The number of rotatable bonds is 9. The van der Waals surface area contributed by atoms with E-state index in [2.05, 4.69) is 6.58 Å². The van der Waals surface area contributed by atoms with Crippen LogP contribution in [-0.2, 0) is 38.0 Å². The van der Waals surface area contributed by atoms with E-state index in [9.17, 15) is 9.59 Å². The van der Waals surface area contributed by atoms with Gasteiger partial charge in [0, 0.05) is 46.9 Å². The van der Waals surface area contributed by atoms with E-state index in [-0.39, 0.29) is 12.2 Å². The monoisotopic (exact) mass is 448 g/mol. The summed E-state index contributed by atoms with van der Waals surface area (Å²) in [6.45, 7) is 5.77. The molecule has 2 bridgehead atoms. The molecule has 8 nitrogen and oxygen atoms in total. The quantitative estimate of drug-likeness (QED) is 0.392. The number of hydrogen-bond donors (Lipinski definition) is 0. The third-order valence-corrected chi connectivity index (χ3v) is 7.31. The second kappa shape index (κ2) is 8.35. The molecule has 0 aliphatic heterocycles. The topological polar surface area (TPSA) is 89.5 Å². The van der Waals surface area contributed by atoms with Gasteiger partial charge in [-0.25, -0.2) is 0 Å². The Hall–Kier alpha value is -2.10. The summed E-state index contributed by atoms with van der Waals surface area (Å²) in [5, 5.41) is 0. The van der Waals surface area contributed by atoms with Crippen molar-refractivity contribution in [2.24, 2.45) is 17.3 Å². The number of ketones is 2. The van der Waals surface area contributed by atoms with Gasteiger partial charge in [0.15, 0.2) is 11.4 Å². The maximum absolute atomic E-state index is 14.2. The average Bonchev–Trinajstić information content (AvgIpc) is 2.81. The zero-order valence-electron chi connectivity index (χ0n) is 19.7. The van der Waals surface area contributed by atoms with Crippen LogP contribution in [0, 0.1) is 17.3 Å². The molecule has 0 aromatic carbocycles. The van der Waals surface area contributed by atoms with Gasteiger partial charge in [-0.15, -0.1) is 6.58 Å². The van der Waals surface area contributed by atoms with E-state index in [0.29, 0.717) is 5.57 Å². The summed E-state index contributed by atoms with van der Waals surface area (Å²) in [4.78, 5) is 27.8. The largest absolute Gasteiger partial charge is 0.493 e. The first-order chi connectivity index (χ1) is 15.3. The highest BCUT2D eigenvalue weighted by molar-refractivity contribution is 6.05. The van der Waals surface area contributed by atoms with E-state index < -0.39 is 46.0 Å². The Kier molecular flexibility index (Phi) is 6.40. The lowest BCUT2D eigenvalue weighted by Crippen LogP contribution is -2.81. The van der Waals surface area contributed by atoms with Gasteiger partial charge in [0.1, 0.15) is 0 Å². The van der Waals surface area contributed by atoms with Crippen LogP contribution in [0.4, 0.5) is 0 Å². The van der Waals surface area contributed by atoms with Crippen LogP contribution in [0.3, 0.4) is 0 Å². The van der Waals surface area contributed by atoms with E-state index >= 15 is 0 Å². The van der Waals surface area contributed by atoms with E-state index in [1.807, 2.05) is 19.1 Å². The predicted octanol–water partition coefficient (Wildman–Crippen LogP) is 2.36. The van der Waals surface area contributed by atoms with Gasteiger partial charge in [-0.05, 0) is 31.1 Å². The van der Waals surface area contributed by atoms with Crippen molar-refractivity contribution in [3.05, 3.63) is 48.3 Å². The van der Waals surface area contributed by atoms with Gasteiger partial charge >= 0.3 is 0 Å². The maximum atomic E-state index is 14.2. The van der Waals surface area contributed by atoms with Crippen LogP contribution in [0.2, 0.25) is 0 Å². The van der Waals surface area contributed by atoms with Crippen LogP contribution in [0.25, 0.3) is 0 Å². The number of carbonyl (C=O) groups is 2. The summed E-state index contributed by atoms with van der Waals surface area (Å²) in [6, 6.07) is 0. The summed E-state index contributed by atoms with van der Waals surface area (Å²) in [5.74, 6) is -6.00. The lowest BCUT2D eigenvalue weighted by molar-refractivity contribution is -0.329. The Bertz CT molecular complexity index is 892. The standard InChI is InChI=1S/C24H32O8/c1-9-11-15-13-22(28-4)20(26)23(29-5,30-6)17(15)18-21(22,12-10-2)14-16(27-3)19(25)24(18,31-7)32-8/h9-11,13-14,17-18H,2,12H2,1,3-8H3/t17-,18-,21?,22-/m0/s1. The lowest BCUT2D eigenvalue weighted by Gasteiger charge is -2.67. The van der Waals surface area contributed by atoms with Crippen LogP contribution in [0.15, 0.2) is 48.3 Å². The van der Waals surface area contributed by atoms with Crippen molar-refractivity contribution in [1.82, 2.24) is 0 Å². The molecule has 0 radical (unpaired) electrons. The zero-order valence-corrected chi connectivity index (χ0v) is 19.7. The van der Waals surface area contributed by atoms with Crippen LogP contribution in [0.1, 0.15) is 13.3 Å². The number of hydrogen-bond acceptors (Lipinski definition) is 8. The summed E-state index contributed by atoms with van der Waals surface area (Å²) in [7, 11) is 8.42. The molecule has 1 fully saturated rings. The molecule has 4 aliphatic rings. The fraction of sp³-hybridized carbons (Fsp3) is 0.583. The molecule has 0 saturated heterocycles. The molecule has 0 aromatic rings. The highest BCUT2D eigenvalue weighted by atomic mass is 16.7. The van der Waals surface area contributed by atoms with Gasteiger partial charge < -0.3 is 28.4 Å². The summed E-state index contributed by atoms with van der Waals surface area (Å²) in [6.07, 6.45) is 9.09. The molecule has 0 N–H and O–H groups in total. The second-order valence-corrected chi connectivity index (χ2v) is 8.10. The smallest absolute Gasteiger partial charge is 0.256 e. The number of methoxy groups -OCH3 is 6. The average molecular weight is 449 g/mol. The third kappa shape index (κ3) is 2.55. The van der Waals surface area contributed by atoms with Crippen molar-refractivity contribution >= 4 is 11.6 Å². The van der Waals surface area contributed by atoms with Crippen molar-refractivity contribution < 1.29 is 38.0 Å². The number of allylic oxidation sites excluding steroid dienone is 3. The van der Waals surface area contributed by atoms with E-state index in [4.69, 9.17) is 28.4 Å². The number of Topliss-reactive ketones (excluding diaryl/α,β-unsaturated/α-hetero) is 2. The zero-order chi connectivity index (χ0) is 23.9. The molecule has 4 rings (SSSR count). The molecule has 0 amide bonds. The van der Waals surface area contributed by atoms with Gasteiger partial charge in [0.25, 0.3) is 5.78 Å². The van der Waals surface area contributed by atoms with Crippen LogP contribution in [0.5, 0.6) is 0 Å². The summed E-state index contributed by atoms with van der Waals surface area (Å²) < 4.78 is 34.8. The molecule has 176 valence electrons.